The molecule has 3 rings (SSSR count). The van der Waals surface area contributed by atoms with Crippen LogP contribution in [0.25, 0.3) is 10.9 Å². The van der Waals surface area contributed by atoms with Gasteiger partial charge in [0.15, 0.2) is 0 Å². The van der Waals surface area contributed by atoms with Crippen molar-refractivity contribution in [1.82, 2.24) is 4.98 Å². The fourth-order valence-electron chi connectivity index (χ4n) is 2.94. The molecule has 0 amide bonds. The summed E-state index contributed by atoms with van der Waals surface area (Å²) in [4.78, 5) is 15.0. The lowest BCUT2D eigenvalue weighted by atomic mass is 10.1. The lowest BCUT2D eigenvalue weighted by Gasteiger charge is -2.17. The molecule has 0 saturated heterocycles. The second-order valence-electron chi connectivity index (χ2n) is 5.66. The van der Waals surface area contributed by atoms with Crippen molar-refractivity contribution in [2.45, 2.75) is 44.6 Å². The number of hydrogen-bond donors (Lipinski definition) is 1. The number of nitrogens with zero attached hydrogens (tertiary/aromatic N) is 2. The first kappa shape index (κ1) is 13.8. The normalized spacial score (nSPS) is 16.6. The first-order valence-electron chi connectivity index (χ1n) is 7.54. The van der Waals surface area contributed by atoms with E-state index in [1.54, 1.807) is 12.1 Å². The van der Waals surface area contributed by atoms with Crippen LogP contribution >= 0.6 is 0 Å². The number of rotatable bonds is 3. The molecule has 1 fully saturated rings. The molecular weight excluding hydrogens is 266 g/mol. The first-order chi connectivity index (χ1) is 10.2. The van der Waals surface area contributed by atoms with Gasteiger partial charge in [-0.2, -0.15) is 0 Å². The fourth-order valence-corrected chi connectivity index (χ4v) is 2.94. The maximum Gasteiger partial charge on any atom is 0.270 e. The Morgan fingerprint density at radius 3 is 2.57 bits per heavy atom. The molecule has 1 saturated carbocycles. The molecule has 1 aliphatic rings. The monoisotopic (exact) mass is 285 g/mol. The molecule has 5 nitrogen and oxygen atoms in total. The van der Waals surface area contributed by atoms with Crippen molar-refractivity contribution in [3.05, 3.63) is 40.4 Å². The van der Waals surface area contributed by atoms with E-state index in [1.165, 1.54) is 44.6 Å². The van der Waals surface area contributed by atoms with Crippen molar-refractivity contribution in [3.8, 4) is 0 Å². The van der Waals surface area contributed by atoms with Crippen molar-refractivity contribution < 1.29 is 4.92 Å². The van der Waals surface area contributed by atoms with Crippen LogP contribution in [-0.4, -0.2) is 15.9 Å². The van der Waals surface area contributed by atoms with Gasteiger partial charge in [0.05, 0.1) is 10.4 Å². The highest BCUT2D eigenvalue weighted by molar-refractivity contribution is 5.82. The van der Waals surface area contributed by atoms with E-state index in [0.717, 1.165) is 16.7 Å². The van der Waals surface area contributed by atoms with E-state index in [4.69, 9.17) is 0 Å². The zero-order valence-electron chi connectivity index (χ0n) is 11.9. The number of non-ortho nitro benzene ring substituents is 1. The number of nitrogens with one attached hydrogen (secondary N) is 1. The Kier molecular flexibility index (Phi) is 3.99. The first-order valence-corrected chi connectivity index (χ1v) is 7.54. The summed E-state index contributed by atoms with van der Waals surface area (Å²) in [5.74, 6) is 0.864. The smallest absolute Gasteiger partial charge is 0.270 e. The van der Waals surface area contributed by atoms with Crippen LogP contribution in [0.15, 0.2) is 30.3 Å². The highest BCUT2D eigenvalue weighted by Crippen LogP contribution is 2.24. The van der Waals surface area contributed by atoms with Crippen molar-refractivity contribution in [2.24, 2.45) is 0 Å². The van der Waals surface area contributed by atoms with Gasteiger partial charge in [-0.3, -0.25) is 10.1 Å². The van der Waals surface area contributed by atoms with E-state index in [2.05, 4.69) is 10.3 Å². The quantitative estimate of drug-likeness (QED) is 0.519. The summed E-state index contributed by atoms with van der Waals surface area (Å²) in [5.41, 5.74) is 0.896. The molecule has 21 heavy (non-hydrogen) atoms. The van der Waals surface area contributed by atoms with Gasteiger partial charge in [-0.05, 0) is 31.0 Å². The molecule has 1 aromatic carbocycles. The number of nitro groups is 1. The molecule has 1 aliphatic carbocycles. The average molecular weight is 285 g/mol. The van der Waals surface area contributed by atoms with Crippen molar-refractivity contribution >= 4 is 22.4 Å². The molecular formula is C16H19N3O2. The summed E-state index contributed by atoms with van der Waals surface area (Å²) in [6.45, 7) is 0. The zero-order valence-corrected chi connectivity index (χ0v) is 11.9. The van der Waals surface area contributed by atoms with Crippen LogP contribution in [0.4, 0.5) is 11.5 Å². The second-order valence-corrected chi connectivity index (χ2v) is 5.66. The number of fused-ring (bicyclic) bond motifs is 1. The Morgan fingerprint density at radius 2 is 1.86 bits per heavy atom. The Labute approximate surface area is 123 Å². The van der Waals surface area contributed by atoms with Gasteiger partial charge in [-0.25, -0.2) is 4.98 Å². The van der Waals surface area contributed by atoms with E-state index in [0.29, 0.717) is 6.04 Å². The molecule has 0 bridgehead atoms. The van der Waals surface area contributed by atoms with Crippen LogP contribution in [0.3, 0.4) is 0 Å². The van der Waals surface area contributed by atoms with Crippen molar-refractivity contribution in [1.29, 1.82) is 0 Å². The summed E-state index contributed by atoms with van der Waals surface area (Å²) >= 11 is 0. The number of anilines is 1. The molecule has 0 aliphatic heterocycles. The maximum absolute atomic E-state index is 10.8. The van der Waals surface area contributed by atoms with E-state index < -0.39 is 0 Å². The third-order valence-corrected chi connectivity index (χ3v) is 4.09. The Bertz CT molecular complexity index is 649. The van der Waals surface area contributed by atoms with Gasteiger partial charge < -0.3 is 5.32 Å². The summed E-state index contributed by atoms with van der Waals surface area (Å²) in [7, 11) is 0. The Hall–Kier alpha value is -2.17. The number of benzene rings is 1. The number of hydrogen-bond acceptors (Lipinski definition) is 4. The topological polar surface area (TPSA) is 68.1 Å². The van der Waals surface area contributed by atoms with Gasteiger partial charge in [0.2, 0.25) is 0 Å². The minimum Gasteiger partial charge on any atom is -0.367 e. The lowest BCUT2D eigenvalue weighted by Crippen LogP contribution is -2.18. The molecule has 2 aromatic rings. The van der Waals surface area contributed by atoms with E-state index in [1.807, 2.05) is 12.1 Å². The van der Waals surface area contributed by atoms with Crippen LogP contribution in [0.5, 0.6) is 0 Å². The van der Waals surface area contributed by atoms with Gasteiger partial charge in [-0.1, -0.05) is 25.7 Å². The summed E-state index contributed by atoms with van der Waals surface area (Å²) in [6, 6.07) is 9.09. The van der Waals surface area contributed by atoms with Crippen LogP contribution in [0.2, 0.25) is 0 Å². The highest BCUT2D eigenvalue weighted by atomic mass is 16.6. The Balaban J connectivity index is 1.80. The molecule has 5 heteroatoms. The van der Waals surface area contributed by atoms with Gasteiger partial charge >= 0.3 is 0 Å². The maximum atomic E-state index is 10.8. The molecule has 0 spiro atoms. The fraction of sp³-hybridized carbons (Fsp3) is 0.438. The number of pyridine rings is 1. The van der Waals surface area contributed by atoms with Crippen LogP contribution in [0, 0.1) is 10.1 Å². The SMILES string of the molecule is O=[N+]([O-])c1ccc2nc(NC3CCCCCC3)ccc2c1. The number of nitro benzene ring substituents is 1. The summed E-state index contributed by atoms with van der Waals surface area (Å²) in [6.07, 6.45) is 7.59. The van der Waals surface area contributed by atoms with E-state index in [9.17, 15) is 10.1 Å². The van der Waals surface area contributed by atoms with Gasteiger partial charge in [0.1, 0.15) is 5.82 Å². The molecule has 1 aromatic heterocycles. The largest absolute Gasteiger partial charge is 0.367 e. The minimum atomic E-state index is -0.378. The second kappa shape index (κ2) is 6.08. The van der Waals surface area contributed by atoms with E-state index in [-0.39, 0.29) is 10.6 Å². The van der Waals surface area contributed by atoms with Gasteiger partial charge in [-0.15, -0.1) is 0 Å². The standard InChI is InChI=1S/C16H19N3O2/c20-19(21)14-8-9-15-12(11-14)7-10-16(18-15)17-13-5-3-1-2-4-6-13/h7-11,13H,1-6H2,(H,17,18). The predicted molar refractivity (Wildman–Crippen MR) is 83.5 cm³/mol. The molecule has 110 valence electrons. The molecule has 0 unspecified atom stereocenters. The number of aromatic nitrogens is 1. The average Bonchev–Trinajstić information content (AvgIpc) is 2.75. The third kappa shape index (κ3) is 3.29. The lowest BCUT2D eigenvalue weighted by molar-refractivity contribution is -0.384. The molecule has 0 radical (unpaired) electrons. The predicted octanol–water partition coefficient (Wildman–Crippen LogP) is 4.28. The van der Waals surface area contributed by atoms with Gasteiger partial charge in [0, 0.05) is 23.6 Å². The highest BCUT2D eigenvalue weighted by Gasteiger charge is 2.13. The third-order valence-electron chi connectivity index (χ3n) is 4.09. The van der Waals surface area contributed by atoms with Crippen molar-refractivity contribution in [3.63, 3.8) is 0 Å². The zero-order chi connectivity index (χ0) is 14.7. The molecule has 1 N–H and O–H groups in total. The van der Waals surface area contributed by atoms with E-state index >= 15 is 0 Å². The van der Waals surface area contributed by atoms with Crippen molar-refractivity contribution in [2.75, 3.05) is 5.32 Å². The Morgan fingerprint density at radius 1 is 1.10 bits per heavy atom. The molecule has 0 atom stereocenters. The molecule has 1 heterocycles. The van der Waals surface area contributed by atoms with Crippen LogP contribution in [-0.2, 0) is 0 Å². The summed E-state index contributed by atoms with van der Waals surface area (Å²) in [5, 5.41) is 15.1. The minimum absolute atomic E-state index is 0.105. The van der Waals surface area contributed by atoms with Crippen LogP contribution in [0.1, 0.15) is 38.5 Å². The van der Waals surface area contributed by atoms with Gasteiger partial charge in [0.25, 0.3) is 5.69 Å². The summed E-state index contributed by atoms with van der Waals surface area (Å²) < 4.78 is 0. The van der Waals surface area contributed by atoms with Crippen LogP contribution < -0.4 is 5.32 Å².